The summed E-state index contributed by atoms with van der Waals surface area (Å²) in [5.41, 5.74) is 1.18. The van der Waals surface area contributed by atoms with Crippen LogP contribution in [0.2, 0.25) is 4.34 Å². The molecule has 1 atom stereocenters. The van der Waals surface area contributed by atoms with Crippen molar-refractivity contribution in [2.45, 2.75) is 38.4 Å². The van der Waals surface area contributed by atoms with Crippen LogP contribution in [-0.4, -0.2) is 28.4 Å². The van der Waals surface area contributed by atoms with Crippen LogP contribution in [0, 0.1) is 0 Å². The molecule has 23 heavy (non-hydrogen) atoms. The number of pyridine rings is 1. The minimum absolute atomic E-state index is 0.256. The van der Waals surface area contributed by atoms with Crippen LogP contribution in [0.5, 0.6) is 0 Å². The van der Waals surface area contributed by atoms with Gasteiger partial charge in [-0.15, -0.1) is 11.3 Å². The number of likely N-dealkylation sites (tertiary alicyclic amines) is 1. The molecule has 1 unspecified atom stereocenters. The zero-order valence-corrected chi connectivity index (χ0v) is 14.4. The predicted molar refractivity (Wildman–Crippen MR) is 93.5 cm³/mol. The third-order valence-electron chi connectivity index (χ3n) is 4.11. The van der Waals surface area contributed by atoms with E-state index < -0.39 is 0 Å². The summed E-state index contributed by atoms with van der Waals surface area (Å²) in [5, 5.41) is 3.44. The number of nitrogens with one attached hydrogen (secondary N) is 1. The van der Waals surface area contributed by atoms with Gasteiger partial charge in [0.15, 0.2) is 0 Å². The number of carbonyl (C=O) groups is 1. The number of nitrogens with zero attached hydrogens (tertiary/aromatic N) is 2. The number of thiophene rings is 1. The lowest BCUT2D eigenvalue weighted by molar-refractivity contribution is -0.129. The second kappa shape index (κ2) is 7.90. The van der Waals surface area contributed by atoms with Crippen LogP contribution in [0.15, 0.2) is 36.7 Å². The van der Waals surface area contributed by atoms with Gasteiger partial charge in [-0.05, 0) is 43.1 Å². The van der Waals surface area contributed by atoms with E-state index in [1.54, 1.807) is 17.5 Å². The van der Waals surface area contributed by atoms with E-state index in [1.165, 1.54) is 5.56 Å². The Bertz CT molecular complexity index is 646. The van der Waals surface area contributed by atoms with Crippen LogP contribution < -0.4 is 5.32 Å². The minimum atomic E-state index is 0.256. The summed E-state index contributed by atoms with van der Waals surface area (Å²) >= 11 is 7.53. The Hall–Kier alpha value is -1.43. The minimum Gasteiger partial charge on any atom is -0.335 e. The molecule has 0 bridgehead atoms. The second-order valence-electron chi connectivity index (χ2n) is 5.75. The third kappa shape index (κ3) is 4.53. The molecule has 1 amide bonds. The molecule has 0 aromatic carbocycles. The fraction of sp³-hybridized carbons (Fsp3) is 0.412. The maximum absolute atomic E-state index is 12.1. The van der Waals surface area contributed by atoms with Crippen LogP contribution in [-0.2, 0) is 17.9 Å². The zero-order chi connectivity index (χ0) is 16.1. The molecule has 3 heterocycles. The molecule has 3 rings (SSSR count). The van der Waals surface area contributed by atoms with Crippen molar-refractivity contribution in [2.24, 2.45) is 0 Å². The fourth-order valence-electron chi connectivity index (χ4n) is 2.92. The molecule has 0 radical (unpaired) electrons. The standard InChI is InChI=1S/C17H20ClN3OS/c18-16-5-4-15(23-16)12-21-14(3-6-17(21)22)7-9-20-11-13-2-1-8-19-10-13/h1-2,4-5,8,10,14,20H,3,6-7,9,11-12H2. The zero-order valence-electron chi connectivity index (χ0n) is 12.9. The van der Waals surface area contributed by atoms with E-state index in [-0.39, 0.29) is 5.91 Å². The largest absolute Gasteiger partial charge is 0.335 e. The van der Waals surface area contributed by atoms with Gasteiger partial charge in [-0.25, -0.2) is 0 Å². The van der Waals surface area contributed by atoms with Crippen LogP contribution >= 0.6 is 22.9 Å². The molecule has 1 saturated heterocycles. The average Bonchev–Trinajstić information content (AvgIpc) is 3.12. The maximum Gasteiger partial charge on any atom is 0.223 e. The summed E-state index contributed by atoms with van der Waals surface area (Å²) in [6.45, 7) is 2.40. The molecule has 0 aliphatic carbocycles. The summed E-state index contributed by atoms with van der Waals surface area (Å²) in [7, 11) is 0. The van der Waals surface area contributed by atoms with Gasteiger partial charge < -0.3 is 10.2 Å². The Kier molecular flexibility index (Phi) is 5.65. The third-order valence-corrected chi connectivity index (χ3v) is 5.33. The van der Waals surface area contributed by atoms with Crippen molar-refractivity contribution in [1.29, 1.82) is 0 Å². The first-order chi connectivity index (χ1) is 11.2. The smallest absolute Gasteiger partial charge is 0.223 e. The highest BCUT2D eigenvalue weighted by Crippen LogP contribution is 2.28. The van der Waals surface area contributed by atoms with Gasteiger partial charge in [0.25, 0.3) is 0 Å². The molecule has 2 aromatic heterocycles. The molecule has 122 valence electrons. The molecule has 0 spiro atoms. The van der Waals surface area contributed by atoms with Gasteiger partial charge in [-0.2, -0.15) is 0 Å². The average molecular weight is 350 g/mol. The first-order valence-electron chi connectivity index (χ1n) is 7.85. The van der Waals surface area contributed by atoms with Crippen molar-refractivity contribution in [2.75, 3.05) is 6.54 Å². The Morgan fingerprint density at radius 1 is 1.39 bits per heavy atom. The highest BCUT2D eigenvalue weighted by Gasteiger charge is 2.30. The number of carbonyl (C=O) groups excluding carboxylic acids is 1. The molecular weight excluding hydrogens is 330 g/mol. The summed E-state index contributed by atoms with van der Waals surface area (Å²) in [6, 6.07) is 8.24. The van der Waals surface area contributed by atoms with Crippen molar-refractivity contribution >= 4 is 28.8 Å². The summed E-state index contributed by atoms with van der Waals surface area (Å²) in [4.78, 5) is 19.4. The quantitative estimate of drug-likeness (QED) is 0.778. The van der Waals surface area contributed by atoms with Crippen molar-refractivity contribution in [3.8, 4) is 0 Å². The van der Waals surface area contributed by atoms with E-state index in [2.05, 4.69) is 16.4 Å². The summed E-state index contributed by atoms with van der Waals surface area (Å²) < 4.78 is 0.779. The molecule has 1 aliphatic rings. The van der Waals surface area contributed by atoms with Gasteiger partial charge in [0.2, 0.25) is 5.91 Å². The van der Waals surface area contributed by atoms with Crippen molar-refractivity contribution in [1.82, 2.24) is 15.2 Å². The highest BCUT2D eigenvalue weighted by atomic mass is 35.5. The molecule has 1 N–H and O–H groups in total. The highest BCUT2D eigenvalue weighted by molar-refractivity contribution is 7.16. The van der Waals surface area contributed by atoms with Crippen LogP contribution in [0.3, 0.4) is 0 Å². The van der Waals surface area contributed by atoms with Gasteiger partial charge in [0.05, 0.1) is 10.9 Å². The van der Waals surface area contributed by atoms with E-state index in [9.17, 15) is 4.79 Å². The van der Waals surface area contributed by atoms with E-state index in [0.717, 1.165) is 35.1 Å². The van der Waals surface area contributed by atoms with Crippen molar-refractivity contribution in [3.05, 3.63) is 51.4 Å². The normalized spacial score (nSPS) is 17.9. The van der Waals surface area contributed by atoms with E-state index in [4.69, 9.17) is 11.6 Å². The number of aromatic nitrogens is 1. The number of rotatable bonds is 7. The Morgan fingerprint density at radius 2 is 2.30 bits per heavy atom. The van der Waals surface area contributed by atoms with E-state index in [0.29, 0.717) is 19.0 Å². The molecule has 1 aliphatic heterocycles. The summed E-state index contributed by atoms with van der Waals surface area (Å²) in [5.74, 6) is 0.256. The predicted octanol–water partition coefficient (Wildman–Crippen LogP) is 3.47. The molecule has 0 saturated carbocycles. The molecule has 4 nitrogen and oxygen atoms in total. The second-order valence-corrected chi connectivity index (χ2v) is 7.55. The van der Waals surface area contributed by atoms with Crippen LogP contribution in [0.1, 0.15) is 29.7 Å². The number of halogens is 1. The molecule has 1 fully saturated rings. The number of hydrogen-bond donors (Lipinski definition) is 1. The van der Waals surface area contributed by atoms with Gasteiger partial charge in [-0.3, -0.25) is 9.78 Å². The van der Waals surface area contributed by atoms with Crippen LogP contribution in [0.4, 0.5) is 0 Å². The first-order valence-corrected chi connectivity index (χ1v) is 9.05. The van der Waals surface area contributed by atoms with Crippen molar-refractivity contribution < 1.29 is 4.79 Å². The van der Waals surface area contributed by atoms with E-state index in [1.807, 2.05) is 29.3 Å². The Balaban J connectivity index is 1.47. The lowest BCUT2D eigenvalue weighted by atomic mass is 10.1. The molecule has 6 heteroatoms. The fourth-order valence-corrected chi connectivity index (χ4v) is 4.01. The first kappa shape index (κ1) is 16.4. The van der Waals surface area contributed by atoms with Gasteiger partial charge in [0.1, 0.15) is 0 Å². The summed E-state index contributed by atoms with van der Waals surface area (Å²) in [6.07, 6.45) is 6.24. The lowest BCUT2D eigenvalue weighted by Crippen LogP contribution is -2.34. The Morgan fingerprint density at radius 3 is 3.04 bits per heavy atom. The molecular formula is C17H20ClN3OS. The number of hydrogen-bond acceptors (Lipinski definition) is 4. The van der Waals surface area contributed by atoms with Gasteiger partial charge in [0, 0.05) is 36.3 Å². The topological polar surface area (TPSA) is 45.2 Å². The lowest BCUT2D eigenvalue weighted by Gasteiger charge is -2.24. The maximum atomic E-state index is 12.1. The van der Waals surface area contributed by atoms with Crippen molar-refractivity contribution in [3.63, 3.8) is 0 Å². The monoisotopic (exact) mass is 349 g/mol. The SMILES string of the molecule is O=C1CCC(CCNCc2cccnc2)N1Cc1ccc(Cl)s1. The molecule has 2 aromatic rings. The number of amides is 1. The van der Waals surface area contributed by atoms with E-state index >= 15 is 0 Å². The van der Waals surface area contributed by atoms with Gasteiger partial charge in [-0.1, -0.05) is 17.7 Å². The Labute approximate surface area is 145 Å². The van der Waals surface area contributed by atoms with Gasteiger partial charge >= 0.3 is 0 Å². The van der Waals surface area contributed by atoms with Crippen LogP contribution in [0.25, 0.3) is 0 Å².